The highest BCUT2D eigenvalue weighted by atomic mass is 35.5. The molecule has 3 rings (SSSR count). The van der Waals surface area contributed by atoms with Crippen molar-refractivity contribution in [2.24, 2.45) is 5.92 Å². The van der Waals surface area contributed by atoms with Crippen molar-refractivity contribution in [2.45, 2.75) is 51.5 Å². The van der Waals surface area contributed by atoms with Gasteiger partial charge in [0, 0.05) is 29.8 Å². The van der Waals surface area contributed by atoms with Crippen LogP contribution in [0.25, 0.3) is 0 Å². The minimum Gasteiger partial charge on any atom is -0.375 e. The average Bonchev–Trinajstić information content (AvgIpc) is 3.16. The predicted octanol–water partition coefficient (Wildman–Crippen LogP) is 3.68. The molecule has 26 heavy (non-hydrogen) atoms. The first-order valence-electron chi connectivity index (χ1n) is 9.66. The Labute approximate surface area is 160 Å². The van der Waals surface area contributed by atoms with E-state index in [4.69, 9.17) is 11.6 Å². The van der Waals surface area contributed by atoms with E-state index >= 15 is 0 Å². The van der Waals surface area contributed by atoms with Gasteiger partial charge in [-0.05, 0) is 49.8 Å². The molecule has 0 bridgehead atoms. The monoisotopic (exact) mass is 377 g/mol. The number of hydrogen-bond acceptors (Lipinski definition) is 3. The maximum atomic E-state index is 12.7. The second kappa shape index (κ2) is 8.76. The molecular formula is C20H28ClN3O2. The average molecular weight is 378 g/mol. The number of nitrogens with zero attached hydrogens (tertiary/aromatic N) is 1. The van der Waals surface area contributed by atoms with Crippen LogP contribution in [-0.4, -0.2) is 42.4 Å². The molecule has 2 amide bonds. The van der Waals surface area contributed by atoms with Crippen molar-refractivity contribution < 1.29 is 9.59 Å². The van der Waals surface area contributed by atoms with E-state index in [9.17, 15) is 9.59 Å². The van der Waals surface area contributed by atoms with Crippen molar-refractivity contribution in [3.63, 3.8) is 0 Å². The zero-order valence-electron chi connectivity index (χ0n) is 15.4. The summed E-state index contributed by atoms with van der Waals surface area (Å²) in [6.07, 6.45) is 6.72. The van der Waals surface area contributed by atoms with Crippen LogP contribution in [0.2, 0.25) is 5.02 Å². The number of amides is 2. The molecule has 1 saturated carbocycles. The fourth-order valence-electron chi connectivity index (χ4n) is 3.90. The molecule has 142 valence electrons. The molecule has 1 saturated heterocycles. The highest BCUT2D eigenvalue weighted by Crippen LogP contribution is 2.25. The number of hydrogen-bond donors (Lipinski definition) is 2. The third kappa shape index (κ3) is 4.70. The SMILES string of the molecule is CC1CCCCC1NC(=O)CNc1cc(Cl)ccc1C(=O)N1CCCC1. The second-order valence-electron chi connectivity index (χ2n) is 7.48. The Morgan fingerprint density at radius 1 is 1.15 bits per heavy atom. The lowest BCUT2D eigenvalue weighted by Gasteiger charge is -2.29. The number of benzene rings is 1. The van der Waals surface area contributed by atoms with E-state index in [1.807, 2.05) is 4.90 Å². The number of halogens is 1. The van der Waals surface area contributed by atoms with Gasteiger partial charge in [0.2, 0.25) is 5.91 Å². The topological polar surface area (TPSA) is 61.4 Å². The van der Waals surface area contributed by atoms with Crippen LogP contribution in [0.4, 0.5) is 5.69 Å². The Bertz CT molecular complexity index is 658. The van der Waals surface area contributed by atoms with Gasteiger partial charge in [-0.25, -0.2) is 0 Å². The molecule has 0 spiro atoms. The number of rotatable bonds is 5. The summed E-state index contributed by atoms with van der Waals surface area (Å²) >= 11 is 6.11. The molecule has 2 unspecified atom stereocenters. The lowest BCUT2D eigenvalue weighted by Crippen LogP contribution is -2.43. The molecule has 2 fully saturated rings. The molecule has 2 aliphatic rings. The quantitative estimate of drug-likeness (QED) is 0.822. The molecule has 6 heteroatoms. The maximum Gasteiger partial charge on any atom is 0.255 e. The third-order valence-electron chi connectivity index (χ3n) is 5.50. The molecule has 1 aromatic carbocycles. The van der Waals surface area contributed by atoms with Gasteiger partial charge in [-0.1, -0.05) is 31.4 Å². The molecule has 0 radical (unpaired) electrons. The minimum atomic E-state index is -0.0386. The summed E-state index contributed by atoms with van der Waals surface area (Å²) in [5.74, 6) is 0.484. The second-order valence-corrected chi connectivity index (χ2v) is 7.91. The Morgan fingerprint density at radius 3 is 2.62 bits per heavy atom. The van der Waals surface area contributed by atoms with E-state index in [0.717, 1.165) is 32.4 Å². The summed E-state index contributed by atoms with van der Waals surface area (Å²) < 4.78 is 0. The molecule has 1 aliphatic carbocycles. The van der Waals surface area contributed by atoms with Crippen LogP contribution in [0.5, 0.6) is 0 Å². The maximum absolute atomic E-state index is 12.7. The minimum absolute atomic E-state index is 0.00276. The van der Waals surface area contributed by atoms with Crippen molar-refractivity contribution in [3.8, 4) is 0 Å². The van der Waals surface area contributed by atoms with Crippen molar-refractivity contribution in [1.82, 2.24) is 10.2 Å². The van der Waals surface area contributed by atoms with E-state index < -0.39 is 0 Å². The molecule has 2 N–H and O–H groups in total. The van der Waals surface area contributed by atoms with Crippen LogP contribution in [0.3, 0.4) is 0 Å². The molecule has 1 aliphatic heterocycles. The van der Waals surface area contributed by atoms with Gasteiger partial charge in [0.05, 0.1) is 12.1 Å². The van der Waals surface area contributed by atoms with Crippen molar-refractivity contribution in [2.75, 3.05) is 25.0 Å². The number of nitrogens with one attached hydrogen (secondary N) is 2. The normalized spacial score (nSPS) is 22.9. The van der Waals surface area contributed by atoms with Crippen LogP contribution in [0.1, 0.15) is 55.8 Å². The predicted molar refractivity (Wildman–Crippen MR) is 105 cm³/mol. The summed E-state index contributed by atoms with van der Waals surface area (Å²) in [4.78, 5) is 26.9. The van der Waals surface area contributed by atoms with Crippen LogP contribution in [-0.2, 0) is 4.79 Å². The molecular weight excluding hydrogens is 350 g/mol. The lowest BCUT2D eigenvalue weighted by atomic mass is 9.86. The van der Waals surface area contributed by atoms with Crippen LogP contribution < -0.4 is 10.6 Å². The van der Waals surface area contributed by atoms with Crippen LogP contribution >= 0.6 is 11.6 Å². The van der Waals surface area contributed by atoms with Gasteiger partial charge in [-0.15, -0.1) is 0 Å². The van der Waals surface area contributed by atoms with E-state index in [1.54, 1.807) is 18.2 Å². The Kier molecular flexibility index (Phi) is 6.41. The van der Waals surface area contributed by atoms with E-state index in [1.165, 1.54) is 19.3 Å². The summed E-state index contributed by atoms with van der Waals surface area (Å²) in [7, 11) is 0. The van der Waals surface area contributed by atoms with Gasteiger partial charge in [0.25, 0.3) is 5.91 Å². The zero-order chi connectivity index (χ0) is 18.5. The fraction of sp³-hybridized carbons (Fsp3) is 0.600. The standard InChI is InChI=1S/C20H28ClN3O2/c1-14-6-2-3-7-17(14)23-19(25)13-22-18-12-15(21)8-9-16(18)20(26)24-10-4-5-11-24/h8-9,12,14,17,22H,2-7,10-11,13H2,1H3,(H,23,25). The van der Waals surface area contributed by atoms with Gasteiger partial charge in [0.15, 0.2) is 0 Å². The number of anilines is 1. The van der Waals surface area contributed by atoms with Gasteiger partial charge in [-0.3, -0.25) is 9.59 Å². The molecule has 1 aromatic rings. The largest absolute Gasteiger partial charge is 0.375 e. The van der Waals surface area contributed by atoms with Gasteiger partial charge >= 0.3 is 0 Å². The van der Waals surface area contributed by atoms with Gasteiger partial charge in [0.1, 0.15) is 0 Å². The van der Waals surface area contributed by atoms with Crippen molar-refractivity contribution >= 4 is 29.1 Å². The van der Waals surface area contributed by atoms with E-state index in [2.05, 4.69) is 17.6 Å². The number of carbonyl (C=O) groups is 2. The molecule has 1 heterocycles. The van der Waals surface area contributed by atoms with Crippen molar-refractivity contribution in [1.29, 1.82) is 0 Å². The highest BCUT2D eigenvalue weighted by Gasteiger charge is 2.24. The molecule has 0 aromatic heterocycles. The summed E-state index contributed by atoms with van der Waals surface area (Å²) in [5.41, 5.74) is 1.20. The van der Waals surface area contributed by atoms with Crippen LogP contribution in [0, 0.1) is 5.92 Å². The Morgan fingerprint density at radius 2 is 1.88 bits per heavy atom. The number of likely N-dealkylation sites (tertiary alicyclic amines) is 1. The first kappa shape index (κ1) is 19.0. The van der Waals surface area contributed by atoms with Gasteiger partial charge < -0.3 is 15.5 Å². The zero-order valence-corrected chi connectivity index (χ0v) is 16.1. The van der Waals surface area contributed by atoms with Gasteiger partial charge in [-0.2, -0.15) is 0 Å². The Hall–Kier alpha value is -1.75. The summed E-state index contributed by atoms with van der Waals surface area (Å²) in [6, 6.07) is 5.44. The van der Waals surface area contributed by atoms with E-state index in [-0.39, 0.29) is 24.4 Å². The fourth-order valence-corrected chi connectivity index (χ4v) is 4.08. The number of carbonyl (C=O) groups excluding carboxylic acids is 2. The van der Waals surface area contributed by atoms with Crippen molar-refractivity contribution in [3.05, 3.63) is 28.8 Å². The summed E-state index contributed by atoms with van der Waals surface area (Å²) in [5, 5.41) is 6.79. The lowest BCUT2D eigenvalue weighted by molar-refractivity contribution is -0.120. The molecule has 5 nitrogen and oxygen atoms in total. The van der Waals surface area contributed by atoms with E-state index in [0.29, 0.717) is 22.2 Å². The first-order valence-corrected chi connectivity index (χ1v) is 10.0. The smallest absolute Gasteiger partial charge is 0.255 e. The van der Waals surface area contributed by atoms with Crippen LogP contribution in [0.15, 0.2) is 18.2 Å². The first-order chi connectivity index (χ1) is 12.5. The highest BCUT2D eigenvalue weighted by molar-refractivity contribution is 6.31. The molecule has 2 atom stereocenters. The third-order valence-corrected chi connectivity index (χ3v) is 5.74. The summed E-state index contributed by atoms with van der Waals surface area (Å²) in [6.45, 7) is 3.92. The Balaban J connectivity index is 1.62.